The summed E-state index contributed by atoms with van der Waals surface area (Å²) in [5, 5.41) is 1.12. The third-order valence-corrected chi connectivity index (χ3v) is 4.57. The fourth-order valence-corrected chi connectivity index (χ4v) is 3.41. The van der Waals surface area contributed by atoms with Crippen molar-refractivity contribution >= 4 is 16.6 Å². The highest BCUT2D eigenvalue weighted by Gasteiger charge is 2.26. The van der Waals surface area contributed by atoms with Crippen molar-refractivity contribution < 1.29 is 9.47 Å². The number of nitrogens with zero attached hydrogens (tertiary/aromatic N) is 3. The van der Waals surface area contributed by atoms with Gasteiger partial charge in [-0.15, -0.1) is 0 Å². The topological polar surface area (TPSA) is 47.5 Å². The lowest BCUT2D eigenvalue weighted by atomic mass is 10.1. The van der Waals surface area contributed by atoms with Gasteiger partial charge in [-0.1, -0.05) is 12.1 Å². The maximum atomic E-state index is 6.09. The third-order valence-electron chi connectivity index (χ3n) is 4.57. The molecule has 4 rings (SSSR count). The quantitative estimate of drug-likeness (QED) is 0.729. The number of aryl methyl sites for hydroxylation is 1. The van der Waals surface area contributed by atoms with Crippen LogP contribution in [-0.2, 0) is 0 Å². The minimum Gasteiger partial charge on any atom is -0.494 e. The highest BCUT2D eigenvalue weighted by Crippen LogP contribution is 2.34. The molecule has 0 saturated carbocycles. The Balaban J connectivity index is 1.62. The second-order valence-electron chi connectivity index (χ2n) is 6.30. The molecule has 128 valence electrons. The van der Waals surface area contributed by atoms with Crippen molar-refractivity contribution in [1.82, 2.24) is 9.97 Å². The molecule has 0 aliphatic carbocycles. The van der Waals surface area contributed by atoms with Crippen molar-refractivity contribution in [2.45, 2.75) is 19.4 Å². The van der Waals surface area contributed by atoms with Crippen LogP contribution in [0.5, 0.6) is 11.5 Å². The molecule has 0 spiro atoms. The average Bonchev–Trinajstić information content (AvgIpc) is 3.09. The summed E-state index contributed by atoms with van der Waals surface area (Å²) in [7, 11) is 1.69. The number of para-hydroxylation sites is 1. The number of hydrogen-bond acceptors (Lipinski definition) is 5. The van der Waals surface area contributed by atoms with Crippen LogP contribution >= 0.6 is 0 Å². The maximum Gasteiger partial charge on any atom is 0.145 e. The number of anilines is 1. The van der Waals surface area contributed by atoms with E-state index in [1.165, 1.54) is 5.69 Å². The zero-order chi connectivity index (χ0) is 17.2. The molecule has 3 aromatic rings. The van der Waals surface area contributed by atoms with Gasteiger partial charge in [0.15, 0.2) is 0 Å². The predicted molar refractivity (Wildman–Crippen MR) is 98.5 cm³/mol. The number of aromatic nitrogens is 2. The number of methoxy groups -OCH3 is 1. The lowest BCUT2D eigenvalue weighted by Crippen LogP contribution is -2.24. The normalized spacial score (nSPS) is 17.0. The van der Waals surface area contributed by atoms with Crippen LogP contribution < -0.4 is 14.4 Å². The van der Waals surface area contributed by atoms with Gasteiger partial charge in [-0.3, -0.25) is 4.98 Å². The lowest BCUT2D eigenvalue weighted by molar-refractivity contribution is 0.225. The molecule has 1 saturated heterocycles. The first kappa shape index (κ1) is 15.7. The molecule has 1 unspecified atom stereocenters. The fraction of sp³-hybridized carbons (Fsp3) is 0.300. The van der Waals surface area contributed by atoms with Gasteiger partial charge in [0.2, 0.25) is 0 Å². The standard InChI is InChI=1S/C20H21N3O2/c1-14-12-18(17-4-3-5-19(24-2)20(17)22-14)23-11-8-16(13-23)25-15-6-9-21-10-7-15/h3-7,9-10,12,16H,8,11,13H2,1-2H3. The van der Waals surface area contributed by atoms with Crippen LogP contribution in [-0.4, -0.2) is 36.3 Å². The molecule has 1 atom stereocenters. The van der Waals surface area contributed by atoms with Gasteiger partial charge < -0.3 is 14.4 Å². The van der Waals surface area contributed by atoms with Gasteiger partial charge in [0.25, 0.3) is 0 Å². The summed E-state index contributed by atoms with van der Waals surface area (Å²) in [6.45, 7) is 3.85. The first-order valence-corrected chi connectivity index (χ1v) is 8.50. The first-order valence-electron chi connectivity index (χ1n) is 8.50. The Morgan fingerprint density at radius 3 is 2.80 bits per heavy atom. The molecule has 0 bridgehead atoms. The van der Waals surface area contributed by atoms with E-state index in [1.54, 1.807) is 19.5 Å². The van der Waals surface area contributed by atoms with E-state index in [-0.39, 0.29) is 6.10 Å². The Kier molecular flexibility index (Phi) is 4.14. The maximum absolute atomic E-state index is 6.09. The van der Waals surface area contributed by atoms with E-state index >= 15 is 0 Å². The van der Waals surface area contributed by atoms with E-state index in [0.29, 0.717) is 0 Å². The number of pyridine rings is 2. The van der Waals surface area contributed by atoms with Gasteiger partial charge in [0.1, 0.15) is 23.1 Å². The monoisotopic (exact) mass is 335 g/mol. The van der Waals surface area contributed by atoms with Crippen molar-refractivity contribution in [3.05, 3.63) is 54.5 Å². The van der Waals surface area contributed by atoms with Gasteiger partial charge in [-0.2, -0.15) is 0 Å². The summed E-state index contributed by atoms with van der Waals surface area (Å²) < 4.78 is 11.6. The molecule has 25 heavy (non-hydrogen) atoms. The molecule has 1 aliphatic heterocycles. The predicted octanol–water partition coefficient (Wildman–Crippen LogP) is 3.60. The molecule has 5 heteroatoms. The zero-order valence-electron chi connectivity index (χ0n) is 14.5. The summed E-state index contributed by atoms with van der Waals surface area (Å²) in [6, 6.07) is 12.0. The number of rotatable bonds is 4. The van der Waals surface area contributed by atoms with Crippen LogP contribution in [0.25, 0.3) is 10.9 Å². The van der Waals surface area contributed by atoms with E-state index in [1.807, 2.05) is 31.2 Å². The molecule has 5 nitrogen and oxygen atoms in total. The minimum absolute atomic E-state index is 0.177. The molecule has 0 radical (unpaired) electrons. The van der Waals surface area contributed by atoms with Gasteiger partial charge in [0, 0.05) is 42.1 Å². The van der Waals surface area contributed by atoms with Crippen LogP contribution in [0.1, 0.15) is 12.1 Å². The SMILES string of the molecule is COc1cccc2c(N3CCC(Oc4ccncc4)C3)cc(C)nc12. The second kappa shape index (κ2) is 6.59. The van der Waals surface area contributed by atoms with Gasteiger partial charge >= 0.3 is 0 Å². The largest absolute Gasteiger partial charge is 0.494 e. The summed E-state index contributed by atoms with van der Waals surface area (Å²) in [6.07, 6.45) is 4.69. The van der Waals surface area contributed by atoms with E-state index < -0.39 is 0 Å². The summed E-state index contributed by atoms with van der Waals surface area (Å²) >= 11 is 0. The lowest BCUT2D eigenvalue weighted by Gasteiger charge is -2.22. The van der Waals surface area contributed by atoms with Crippen LogP contribution in [0.3, 0.4) is 0 Å². The molecule has 0 amide bonds. The molecular formula is C20H21N3O2. The van der Waals surface area contributed by atoms with E-state index in [2.05, 4.69) is 27.0 Å². The summed E-state index contributed by atoms with van der Waals surface area (Å²) in [5.41, 5.74) is 3.10. The Morgan fingerprint density at radius 1 is 1.16 bits per heavy atom. The average molecular weight is 335 g/mol. The summed E-state index contributed by atoms with van der Waals surface area (Å²) in [4.78, 5) is 11.1. The molecule has 0 N–H and O–H groups in total. The van der Waals surface area contributed by atoms with Crippen molar-refractivity contribution in [3.8, 4) is 11.5 Å². The highest BCUT2D eigenvalue weighted by atomic mass is 16.5. The smallest absolute Gasteiger partial charge is 0.145 e. The highest BCUT2D eigenvalue weighted by molar-refractivity contribution is 5.95. The minimum atomic E-state index is 0.177. The van der Waals surface area contributed by atoms with Gasteiger partial charge in [-0.25, -0.2) is 4.98 Å². The Morgan fingerprint density at radius 2 is 2.00 bits per heavy atom. The number of ether oxygens (including phenoxy) is 2. The molecule has 1 aromatic carbocycles. The number of hydrogen-bond donors (Lipinski definition) is 0. The summed E-state index contributed by atoms with van der Waals surface area (Å²) in [5.74, 6) is 1.69. The fourth-order valence-electron chi connectivity index (χ4n) is 3.41. The Labute approximate surface area is 147 Å². The molecule has 1 aliphatic rings. The third kappa shape index (κ3) is 3.09. The van der Waals surface area contributed by atoms with Crippen LogP contribution in [0.15, 0.2) is 48.8 Å². The van der Waals surface area contributed by atoms with Crippen LogP contribution in [0.2, 0.25) is 0 Å². The van der Waals surface area contributed by atoms with Crippen LogP contribution in [0.4, 0.5) is 5.69 Å². The molecule has 2 aromatic heterocycles. The van der Waals surface area contributed by atoms with E-state index in [0.717, 1.165) is 47.6 Å². The van der Waals surface area contributed by atoms with Gasteiger partial charge in [-0.05, 0) is 31.2 Å². The van der Waals surface area contributed by atoms with E-state index in [4.69, 9.17) is 9.47 Å². The zero-order valence-corrected chi connectivity index (χ0v) is 14.5. The van der Waals surface area contributed by atoms with Crippen molar-refractivity contribution in [2.24, 2.45) is 0 Å². The van der Waals surface area contributed by atoms with E-state index in [9.17, 15) is 0 Å². The van der Waals surface area contributed by atoms with Crippen molar-refractivity contribution in [2.75, 3.05) is 25.1 Å². The first-order chi connectivity index (χ1) is 12.2. The van der Waals surface area contributed by atoms with Crippen LogP contribution in [0, 0.1) is 6.92 Å². The Bertz CT molecular complexity index is 883. The van der Waals surface area contributed by atoms with Crippen molar-refractivity contribution in [3.63, 3.8) is 0 Å². The van der Waals surface area contributed by atoms with Crippen molar-refractivity contribution in [1.29, 1.82) is 0 Å². The molecule has 3 heterocycles. The molecule has 1 fully saturated rings. The molecular weight excluding hydrogens is 314 g/mol. The Hall–Kier alpha value is -2.82. The second-order valence-corrected chi connectivity index (χ2v) is 6.30. The number of fused-ring (bicyclic) bond motifs is 1. The number of benzene rings is 1. The van der Waals surface area contributed by atoms with Gasteiger partial charge in [0.05, 0.1) is 13.7 Å².